The fourth-order valence-corrected chi connectivity index (χ4v) is 3.73. The Morgan fingerprint density at radius 2 is 1.67 bits per heavy atom. The molecule has 0 spiro atoms. The quantitative estimate of drug-likeness (QED) is 0.435. The van der Waals surface area contributed by atoms with Crippen LogP contribution in [0.4, 0.5) is 5.82 Å². The Balaban J connectivity index is 1.57. The first-order valence-corrected chi connectivity index (χ1v) is 9.94. The van der Waals surface area contributed by atoms with Gasteiger partial charge in [-0.1, -0.05) is 54.6 Å². The van der Waals surface area contributed by atoms with Crippen LogP contribution in [0.5, 0.6) is 0 Å². The normalized spacial score (nSPS) is 11.1. The van der Waals surface area contributed by atoms with Crippen molar-refractivity contribution in [3.05, 3.63) is 102 Å². The van der Waals surface area contributed by atoms with Crippen LogP contribution in [0.3, 0.4) is 0 Å². The number of aromatic nitrogens is 3. The van der Waals surface area contributed by atoms with Crippen molar-refractivity contribution in [1.29, 1.82) is 0 Å². The van der Waals surface area contributed by atoms with Crippen LogP contribution < -0.4 is 5.32 Å². The minimum Gasteiger partial charge on any atom is -0.353 e. The number of carbonyl (C=O) groups is 1. The SMILES string of the molecule is O=C(Nc1ccccn1)c1cc2c([nH]c3ccccc32)c(CCc2ccccc2)n1. The molecule has 0 bridgehead atoms. The lowest BCUT2D eigenvalue weighted by Crippen LogP contribution is -2.15. The summed E-state index contributed by atoms with van der Waals surface area (Å²) in [7, 11) is 0. The van der Waals surface area contributed by atoms with Gasteiger partial charge in [0.05, 0.1) is 11.2 Å². The largest absolute Gasteiger partial charge is 0.353 e. The number of benzene rings is 2. The van der Waals surface area contributed by atoms with E-state index in [0.29, 0.717) is 11.5 Å². The highest BCUT2D eigenvalue weighted by molar-refractivity contribution is 6.11. The maximum atomic E-state index is 12.9. The second kappa shape index (κ2) is 7.79. The van der Waals surface area contributed by atoms with Gasteiger partial charge in [-0.25, -0.2) is 9.97 Å². The lowest BCUT2D eigenvalue weighted by molar-refractivity contribution is 0.102. The summed E-state index contributed by atoms with van der Waals surface area (Å²) in [5.41, 5.74) is 4.55. The maximum absolute atomic E-state index is 12.9. The molecule has 0 atom stereocenters. The second-order valence-corrected chi connectivity index (χ2v) is 7.20. The summed E-state index contributed by atoms with van der Waals surface area (Å²) in [5, 5.41) is 4.94. The number of aromatic amines is 1. The molecule has 0 fully saturated rings. The van der Waals surface area contributed by atoms with Crippen LogP contribution in [0.1, 0.15) is 21.7 Å². The van der Waals surface area contributed by atoms with E-state index in [1.807, 2.05) is 54.6 Å². The molecule has 5 rings (SSSR count). The molecule has 0 aliphatic heterocycles. The van der Waals surface area contributed by atoms with Crippen LogP contribution in [0.15, 0.2) is 85.1 Å². The summed E-state index contributed by atoms with van der Waals surface area (Å²) in [4.78, 5) is 25.3. The predicted molar refractivity (Wildman–Crippen MR) is 120 cm³/mol. The molecule has 5 nitrogen and oxygen atoms in total. The third-order valence-corrected chi connectivity index (χ3v) is 5.20. The molecule has 3 aromatic heterocycles. The van der Waals surface area contributed by atoms with Crippen LogP contribution >= 0.6 is 0 Å². The van der Waals surface area contributed by atoms with E-state index in [-0.39, 0.29) is 5.91 Å². The summed E-state index contributed by atoms with van der Waals surface area (Å²) in [5.74, 6) is 0.246. The van der Waals surface area contributed by atoms with E-state index >= 15 is 0 Å². The lowest BCUT2D eigenvalue weighted by Gasteiger charge is -2.08. The van der Waals surface area contributed by atoms with Gasteiger partial charge >= 0.3 is 0 Å². The average molecular weight is 392 g/mol. The van der Waals surface area contributed by atoms with Crippen LogP contribution in [-0.2, 0) is 12.8 Å². The van der Waals surface area contributed by atoms with E-state index in [2.05, 4.69) is 33.5 Å². The molecule has 5 aromatic rings. The first kappa shape index (κ1) is 18.1. The maximum Gasteiger partial charge on any atom is 0.275 e. The highest BCUT2D eigenvalue weighted by Gasteiger charge is 2.16. The number of nitrogens with zero attached hydrogens (tertiary/aromatic N) is 2. The highest BCUT2D eigenvalue weighted by Crippen LogP contribution is 2.28. The number of carbonyl (C=O) groups excluding carboxylic acids is 1. The number of para-hydroxylation sites is 1. The van der Waals surface area contributed by atoms with Gasteiger partial charge in [0.15, 0.2) is 0 Å². The van der Waals surface area contributed by atoms with Crippen molar-refractivity contribution in [2.45, 2.75) is 12.8 Å². The predicted octanol–water partition coefficient (Wildman–Crippen LogP) is 5.15. The molecule has 30 heavy (non-hydrogen) atoms. The van der Waals surface area contributed by atoms with E-state index in [1.54, 1.807) is 12.3 Å². The second-order valence-electron chi connectivity index (χ2n) is 7.20. The number of pyridine rings is 2. The highest BCUT2D eigenvalue weighted by atomic mass is 16.1. The monoisotopic (exact) mass is 392 g/mol. The molecular weight excluding hydrogens is 372 g/mol. The van der Waals surface area contributed by atoms with Crippen LogP contribution in [0, 0.1) is 0 Å². The van der Waals surface area contributed by atoms with Crippen LogP contribution in [-0.4, -0.2) is 20.9 Å². The molecule has 2 aromatic carbocycles. The molecular formula is C25H20N4O. The van der Waals surface area contributed by atoms with Crippen molar-refractivity contribution in [3.63, 3.8) is 0 Å². The van der Waals surface area contributed by atoms with Crippen LogP contribution in [0.2, 0.25) is 0 Å². The Morgan fingerprint density at radius 3 is 2.50 bits per heavy atom. The number of hydrogen-bond donors (Lipinski definition) is 2. The van der Waals surface area contributed by atoms with Gasteiger partial charge < -0.3 is 10.3 Å². The first-order valence-electron chi connectivity index (χ1n) is 9.94. The molecule has 0 aliphatic rings. The van der Waals surface area contributed by atoms with E-state index in [1.165, 1.54) is 5.56 Å². The average Bonchev–Trinajstić information content (AvgIpc) is 3.18. The van der Waals surface area contributed by atoms with Gasteiger partial charge in [-0.2, -0.15) is 0 Å². The van der Waals surface area contributed by atoms with Crippen molar-refractivity contribution < 1.29 is 4.79 Å². The Labute approximate surface area is 173 Å². The van der Waals surface area contributed by atoms with Gasteiger partial charge in [-0.3, -0.25) is 4.79 Å². The number of amides is 1. The third kappa shape index (κ3) is 3.53. The summed E-state index contributed by atoms with van der Waals surface area (Å²) in [6, 6.07) is 25.7. The van der Waals surface area contributed by atoms with E-state index < -0.39 is 0 Å². The zero-order valence-corrected chi connectivity index (χ0v) is 16.3. The lowest BCUT2D eigenvalue weighted by atomic mass is 10.1. The van der Waals surface area contributed by atoms with E-state index in [4.69, 9.17) is 4.98 Å². The Bertz CT molecular complexity index is 1330. The molecule has 0 radical (unpaired) electrons. The standard InChI is InChI=1S/C25H20N4O/c30-25(29-23-12-6-7-15-26-23)22-16-19-18-10-4-5-11-20(18)28-24(19)21(27-22)14-13-17-8-2-1-3-9-17/h1-12,15-16,28H,13-14H2,(H,26,29,30). The Kier molecular flexibility index (Phi) is 4.69. The van der Waals surface area contributed by atoms with Crippen LogP contribution in [0.25, 0.3) is 21.8 Å². The first-order chi connectivity index (χ1) is 14.8. The molecule has 0 saturated carbocycles. The van der Waals surface area contributed by atoms with E-state index in [9.17, 15) is 4.79 Å². The zero-order chi connectivity index (χ0) is 20.3. The summed E-state index contributed by atoms with van der Waals surface area (Å²) in [6.07, 6.45) is 3.23. The minimum atomic E-state index is -0.262. The molecule has 0 saturated heterocycles. The molecule has 3 heterocycles. The molecule has 146 valence electrons. The number of hydrogen-bond acceptors (Lipinski definition) is 3. The number of fused-ring (bicyclic) bond motifs is 3. The minimum absolute atomic E-state index is 0.262. The smallest absolute Gasteiger partial charge is 0.275 e. The van der Waals surface area contributed by atoms with Crippen molar-refractivity contribution in [2.75, 3.05) is 5.32 Å². The topological polar surface area (TPSA) is 70.7 Å². The van der Waals surface area contributed by atoms with Crippen molar-refractivity contribution in [3.8, 4) is 0 Å². The number of anilines is 1. The Hall–Kier alpha value is -3.99. The number of aryl methyl sites for hydroxylation is 2. The molecule has 2 N–H and O–H groups in total. The molecule has 1 amide bonds. The van der Waals surface area contributed by atoms with Crippen molar-refractivity contribution in [1.82, 2.24) is 15.0 Å². The summed E-state index contributed by atoms with van der Waals surface area (Å²) < 4.78 is 0. The third-order valence-electron chi connectivity index (χ3n) is 5.20. The number of rotatable bonds is 5. The van der Waals surface area contributed by atoms with Crippen molar-refractivity contribution >= 4 is 33.5 Å². The van der Waals surface area contributed by atoms with Gasteiger partial charge in [0.2, 0.25) is 0 Å². The molecule has 5 heteroatoms. The number of H-pyrrole nitrogens is 1. The zero-order valence-electron chi connectivity index (χ0n) is 16.3. The van der Waals surface area contributed by atoms with Gasteiger partial charge in [0, 0.05) is 22.5 Å². The molecule has 0 unspecified atom stereocenters. The summed E-state index contributed by atoms with van der Waals surface area (Å²) in [6.45, 7) is 0. The van der Waals surface area contributed by atoms with Crippen molar-refractivity contribution in [2.24, 2.45) is 0 Å². The van der Waals surface area contributed by atoms with E-state index in [0.717, 1.165) is 40.3 Å². The van der Waals surface area contributed by atoms with Gasteiger partial charge in [-0.15, -0.1) is 0 Å². The molecule has 0 aliphatic carbocycles. The fourth-order valence-electron chi connectivity index (χ4n) is 3.73. The fraction of sp³-hybridized carbons (Fsp3) is 0.0800. The van der Waals surface area contributed by atoms with Gasteiger partial charge in [-0.05, 0) is 42.7 Å². The number of nitrogens with one attached hydrogen (secondary N) is 2. The summed E-state index contributed by atoms with van der Waals surface area (Å²) >= 11 is 0. The van der Waals surface area contributed by atoms with Gasteiger partial charge in [0.25, 0.3) is 5.91 Å². The van der Waals surface area contributed by atoms with Gasteiger partial charge in [0.1, 0.15) is 11.5 Å². The Morgan fingerprint density at radius 1 is 0.867 bits per heavy atom.